The lowest BCUT2D eigenvalue weighted by Crippen LogP contribution is -2.40. The third kappa shape index (κ3) is 3.98. The lowest BCUT2D eigenvalue weighted by molar-refractivity contribution is 0.490. The molecule has 4 rings (SSSR count). The average molecular weight is 442 g/mol. The van der Waals surface area contributed by atoms with E-state index in [9.17, 15) is 22.8 Å². The van der Waals surface area contributed by atoms with E-state index in [1.54, 1.807) is 12.1 Å². The standard InChI is InChI=1S/C23H21F3N4O2/c1-14(2)8-9-29-22(31)20-21(27-13-28(20)12-15-4-3-5-16(24)10-15)30(23(29)32)19-7-6-17(25)11-18(19)26/h3-7,10-11,13-14H,8-9,12H2,1-2H3. The van der Waals surface area contributed by atoms with Crippen molar-refractivity contribution in [2.75, 3.05) is 0 Å². The number of hydrogen-bond donors (Lipinski definition) is 0. The summed E-state index contributed by atoms with van der Waals surface area (Å²) < 4.78 is 45.3. The second-order valence-electron chi connectivity index (χ2n) is 8.03. The molecule has 2 aromatic carbocycles. The molecule has 32 heavy (non-hydrogen) atoms. The first kappa shape index (κ1) is 21.6. The van der Waals surface area contributed by atoms with Crippen LogP contribution < -0.4 is 11.2 Å². The Hall–Kier alpha value is -3.62. The molecule has 9 heteroatoms. The van der Waals surface area contributed by atoms with E-state index < -0.39 is 28.7 Å². The zero-order chi connectivity index (χ0) is 23.0. The van der Waals surface area contributed by atoms with Gasteiger partial charge in [0.15, 0.2) is 11.2 Å². The molecule has 0 aliphatic carbocycles. The minimum Gasteiger partial charge on any atom is -0.320 e. The fraction of sp³-hybridized carbons (Fsp3) is 0.261. The van der Waals surface area contributed by atoms with E-state index in [0.29, 0.717) is 18.1 Å². The van der Waals surface area contributed by atoms with E-state index in [4.69, 9.17) is 0 Å². The molecule has 0 bridgehead atoms. The van der Waals surface area contributed by atoms with Gasteiger partial charge in [0.25, 0.3) is 5.56 Å². The average Bonchev–Trinajstić information content (AvgIpc) is 3.12. The summed E-state index contributed by atoms with van der Waals surface area (Å²) >= 11 is 0. The molecule has 2 aromatic heterocycles. The molecule has 0 radical (unpaired) electrons. The maximum absolute atomic E-state index is 14.6. The summed E-state index contributed by atoms with van der Waals surface area (Å²) in [5.41, 5.74) is -0.939. The highest BCUT2D eigenvalue weighted by atomic mass is 19.1. The molecule has 0 aliphatic heterocycles. The van der Waals surface area contributed by atoms with Crippen molar-refractivity contribution in [1.29, 1.82) is 0 Å². The molecule has 0 unspecified atom stereocenters. The molecule has 2 heterocycles. The van der Waals surface area contributed by atoms with Crippen LogP contribution in [0.2, 0.25) is 0 Å². The Balaban J connectivity index is 1.99. The summed E-state index contributed by atoms with van der Waals surface area (Å²) in [4.78, 5) is 30.7. The van der Waals surface area contributed by atoms with Crippen LogP contribution in [0.25, 0.3) is 16.9 Å². The Bertz CT molecular complexity index is 1420. The Labute approximate surface area is 181 Å². The first-order valence-corrected chi connectivity index (χ1v) is 10.2. The molecule has 0 aliphatic rings. The Morgan fingerprint density at radius 2 is 1.75 bits per heavy atom. The predicted molar refractivity (Wildman–Crippen MR) is 114 cm³/mol. The summed E-state index contributed by atoms with van der Waals surface area (Å²) in [6.07, 6.45) is 1.89. The molecule has 0 fully saturated rings. The smallest absolute Gasteiger partial charge is 0.320 e. The van der Waals surface area contributed by atoms with Gasteiger partial charge < -0.3 is 4.57 Å². The molecule has 0 saturated heterocycles. The molecule has 0 N–H and O–H groups in total. The highest BCUT2D eigenvalue weighted by molar-refractivity contribution is 5.72. The number of aromatic nitrogens is 4. The lowest BCUT2D eigenvalue weighted by Gasteiger charge is -2.14. The van der Waals surface area contributed by atoms with E-state index in [0.717, 1.165) is 21.3 Å². The van der Waals surface area contributed by atoms with Crippen LogP contribution in [0.15, 0.2) is 58.4 Å². The van der Waals surface area contributed by atoms with Gasteiger partial charge in [-0.25, -0.2) is 27.5 Å². The van der Waals surface area contributed by atoms with Crippen molar-refractivity contribution in [3.05, 3.63) is 92.6 Å². The largest absolute Gasteiger partial charge is 0.337 e. The molecule has 0 spiro atoms. The van der Waals surface area contributed by atoms with Gasteiger partial charge in [0.2, 0.25) is 0 Å². The molecule has 0 atom stereocenters. The maximum Gasteiger partial charge on any atom is 0.337 e. The van der Waals surface area contributed by atoms with Gasteiger partial charge in [0, 0.05) is 19.2 Å². The SMILES string of the molecule is CC(C)CCn1c(=O)c2c(ncn2Cc2cccc(F)c2)n(-c2ccc(F)cc2F)c1=O. The van der Waals surface area contributed by atoms with Crippen LogP contribution in [-0.2, 0) is 13.1 Å². The third-order valence-electron chi connectivity index (χ3n) is 5.22. The van der Waals surface area contributed by atoms with Crippen molar-refractivity contribution in [2.45, 2.75) is 33.4 Å². The highest BCUT2D eigenvalue weighted by Gasteiger charge is 2.21. The number of fused-ring (bicyclic) bond motifs is 1. The number of imidazole rings is 1. The molecular formula is C23H21F3N4O2. The van der Waals surface area contributed by atoms with Crippen molar-refractivity contribution in [2.24, 2.45) is 5.92 Å². The number of nitrogens with zero attached hydrogens (tertiary/aromatic N) is 4. The van der Waals surface area contributed by atoms with E-state index in [-0.39, 0.29) is 35.9 Å². The normalized spacial score (nSPS) is 11.6. The topological polar surface area (TPSA) is 61.8 Å². The highest BCUT2D eigenvalue weighted by Crippen LogP contribution is 2.18. The van der Waals surface area contributed by atoms with Crippen molar-refractivity contribution in [3.8, 4) is 5.69 Å². The van der Waals surface area contributed by atoms with Crippen LogP contribution in [0.1, 0.15) is 25.8 Å². The first-order chi connectivity index (χ1) is 15.3. The Kier molecular flexibility index (Phi) is 5.73. The molecule has 6 nitrogen and oxygen atoms in total. The van der Waals surface area contributed by atoms with Crippen molar-refractivity contribution < 1.29 is 13.2 Å². The molecule has 4 aromatic rings. The monoisotopic (exact) mass is 442 g/mol. The number of hydrogen-bond acceptors (Lipinski definition) is 3. The maximum atomic E-state index is 14.6. The molecule has 0 amide bonds. The first-order valence-electron chi connectivity index (χ1n) is 10.2. The van der Waals surface area contributed by atoms with E-state index in [1.807, 2.05) is 13.8 Å². The summed E-state index contributed by atoms with van der Waals surface area (Å²) in [6.45, 7) is 4.16. The molecule has 166 valence electrons. The lowest BCUT2D eigenvalue weighted by atomic mass is 10.1. The molecular weight excluding hydrogens is 421 g/mol. The number of rotatable bonds is 6. The van der Waals surface area contributed by atoms with Crippen LogP contribution in [0, 0.1) is 23.4 Å². The van der Waals surface area contributed by atoms with Crippen LogP contribution in [0.5, 0.6) is 0 Å². The quantitative estimate of drug-likeness (QED) is 0.456. The number of benzene rings is 2. The summed E-state index contributed by atoms with van der Waals surface area (Å²) in [5.74, 6) is -1.96. The number of halogens is 3. The third-order valence-corrected chi connectivity index (χ3v) is 5.22. The van der Waals surface area contributed by atoms with E-state index in [2.05, 4.69) is 4.98 Å². The summed E-state index contributed by atoms with van der Waals surface area (Å²) in [7, 11) is 0. The van der Waals surface area contributed by atoms with Gasteiger partial charge in [0.05, 0.1) is 12.0 Å². The zero-order valence-electron chi connectivity index (χ0n) is 17.6. The zero-order valence-corrected chi connectivity index (χ0v) is 17.6. The Morgan fingerprint density at radius 3 is 2.44 bits per heavy atom. The second-order valence-corrected chi connectivity index (χ2v) is 8.03. The Morgan fingerprint density at radius 1 is 1.00 bits per heavy atom. The van der Waals surface area contributed by atoms with E-state index in [1.165, 1.54) is 23.0 Å². The fourth-order valence-electron chi connectivity index (χ4n) is 3.60. The van der Waals surface area contributed by atoms with Gasteiger partial charge >= 0.3 is 5.69 Å². The minimum absolute atomic E-state index is 0.0530. The van der Waals surface area contributed by atoms with Crippen LogP contribution in [0.3, 0.4) is 0 Å². The van der Waals surface area contributed by atoms with Crippen LogP contribution >= 0.6 is 0 Å². The minimum atomic E-state index is -0.956. The summed E-state index contributed by atoms with van der Waals surface area (Å²) in [5, 5.41) is 0. The van der Waals surface area contributed by atoms with Gasteiger partial charge in [-0.3, -0.25) is 9.36 Å². The van der Waals surface area contributed by atoms with E-state index >= 15 is 0 Å². The second kappa shape index (κ2) is 8.49. The van der Waals surface area contributed by atoms with Crippen LogP contribution in [0.4, 0.5) is 13.2 Å². The van der Waals surface area contributed by atoms with Gasteiger partial charge in [-0.2, -0.15) is 0 Å². The fourth-order valence-corrected chi connectivity index (χ4v) is 3.60. The van der Waals surface area contributed by atoms with Gasteiger partial charge in [0.1, 0.15) is 17.5 Å². The van der Waals surface area contributed by atoms with Crippen LogP contribution in [-0.4, -0.2) is 18.7 Å². The van der Waals surface area contributed by atoms with Gasteiger partial charge in [-0.1, -0.05) is 26.0 Å². The predicted octanol–water partition coefficient (Wildman–Crippen LogP) is 3.86. The van der Waals surface area contributed by atoms with Crippen molar-refractivity contribution >= 4 is 11.2 Å². The summed E-state index contributed by atoms with van der Waals surface area (Å²) in [6, 6.07) is 8.72. The van der Waals surface area contributed by atoms with Crippen molar-refractivity contribution in [1.82, 2.24) is 18.7 Å². The van der Waals surface area contributed by atoms with Crippen molar-refractivity contribution in [3.63, 3.8) is 0 Å². The van der Waals surface area contributed by atoms with Gasteiger partial charge in [-0.15, -0.1) is 0 Å². The van der Waals surface area contributed by atoms with Gasteiger partial charge in [-0.05, 0) is 42.2 Å². The molecule has 0 saturated carbocycles.